The van der Waals surface area contributed by atoms with E-state index in [4.69, 9.17) is 4.74 Å². The van der Waals surface area contributed by atoms with Crippen LogP contribution in [0.2, 0.25) is 0 Å². The summed E-state index contributed by atoms with van der Waals surface area (Å²) in [6, 6.07) is 9.28. The fourth-order valence-corrected chi connectivity index (χ4v) is 5.53. The van der Waals surface area contributed by atoms with Crippen molar-refractivity contribution in [2.45, 2.75) is 82.7 Å². The van der Waals surface area contributed by atoms with Gasteiger partial charge in [0.15, 0.2) is 23.3 Å². The average Bonchev–Trinajstić information content (AvgIpc) is 2.90. The number of rotatable bonds is 7. The van der Waals surface area contributed by atoms with Gasteiger partial charge in [-0.25, -0.2) is 22.0 Å². The van der Waals surface area contributed by atoms with Crippen LogP contribution >= 0.6 is 0 Å². The van der Waals surface area contributed by atoms with E-state index in [-0.39, 0.29) is 29.9 Å². The van der Waals surface area contributed by atoms with Crippen LogP contribution < -0.4 is 0 Å². The summed E-state index contributed by atoms with van der Waals surface area (Å²) >= 11 is 0. The molecule has 1 saturated heterocycles. The van der Waals surface area contributed by atoms with Crippen LogP contribution in [-0.2, 0) is 4.74 Å². The monoisotopic (exact) mass is 492 g/mol. The topological polar surface area (TPSA) is 9.23 Å². The highest BCUT2D eigenvalue weighted by molar-refractivity contribution is 5.61. The predicted molar refractivity (Wildman–Crippen MR) is 128 cm³/mol. The molecular weight excluding hydrogens is 459 g/mol. The molecule has 35 heavy (non-hydrogen) atoms. The maximum Gasteiger partial charge on any atom is 0.194 e. The van der Waals surface area contributed by atoms with Gasteiger partial charge in [-0.3, -0.25) is 0 Å². The summed E-state index contributed by atoms with van der Waals surface area (Å²) < 4.78 is 74.0. The normalized spacial score (nSPS) is 25.9. The lowest BCUT2D eigenvalue weighted by atomic mass is 9.76. The second-order valence-corrected chi connectivity index (χ2v) is 10.0. The molecule has 0 amide bonds. The van der Waals surface area contributed by atoms with Gasteiger partial charge < -0.3 is 4.74 Å². The number of hydrogen-bond donors (Lipinski definition) is 0. The highest BCUT2D eigenvalue weighted by Gasteiger charge is 2.27. The molecule has 1 aliphatic carbocycles. The first-order valence-corrected chi connectivity index (χ1v) is 12.8. The van der Waals surface area contributed by atoms with Crippen LogP contribution in [0.1, 0.15) is 93.2 Å². The molecule has 2 fully saturated rings. The number of halogens is 5. The molecule has 0 spiro atoms. The Hall–Kier alpha value is -2.21. The molecule has 190 valence electrons. The quantitative estimate of drug-likeness (QED) is 0.277. The van der Waals surface area contributed by atoms with Gasteiger partial charge in [0.1, 0.15) is 5.83 Å². The Morgan fingerprint density at radius 2 is 1.43 bits per heavy atom. The lowest BCUT2D eigenvalue weighted by molar-refractivity contribution is -0.00501. The number of ether oxygens (including phenoxy) is 1. The Balaban J connectivity index is 1.20. The summed E-state index contributed by atoms with van der Waals surface area (Å²) in [5.74, 6) is -4.23. The molecule has 2 atom stereocenters. The summed E-state index contributed by atoms with van der Waals surface area (Å²) in [6.07, 6.45) is 8.00. The van der Waals surface area contributed by atoms with Crippen molar-refractivity contribution >= 4 is 5.83 Å². The maximum atomic E-state index is 14.0. The minimum atomic E-state index is -1.40. The van der Waals surface area contributed by atoms with Crippen molar-refractivity contribution in [3.05, 3.63) is 76.4 Å². The molecule has 4 rings (SSSR count). The first-order valence-electron chi connectivity index (χ1n) is 12.8. The first kappa shape index (κ1) is 25.9. The molecule has 0 radical (unpaired) electrons. The van der Waals surface area contributed by atoms with Gasteiger partial charge in [0, 0.05) is 11.5 Å². The van der Waals surface area contributed by atoms with Crippen molar-refractivity contribution in [2.75, 3.05) is 6.61 Å². The van der Waals surface area contributed by atoms with E-state index in [1.165, 1.54) is 0 Å². The minimum absolute atomic E-state index is 0.0428. The van der Waals surface area contributed by atoms with Crippen molar-refractivity contribution < 1.29 is 26.7 Å². The summed E-state index contributed by atoms with van der Waals surface area (Å²) in [6.45, 7) is 2.21. The van der Waals surface area contributed by atoms with Crippen molar-refractivity contribution in [1.29, 1.82) is 0 Å². The van der Waals surface area contributed by atoms with Crippen LogP contribution in [0.25, 0.3) is 5.83 Å². The van der Waals surface area contributed by atoms with Gasteiger partial charge in [0.2, 0.25) is 0 Å². The standard InChI is InChI=1S/C29H33F5O/c1-2-25(30)28(33)21-10-8-19(9-11-21)22-12-14-24(35-17-22)13-5-18-3-6-20(7-4-18)23-15-26(31)29(34)27(32)16-23/h8-11,15-16,18,20,22,24H,2-7,12-14,17H2,1H3/b28-25+. The third-order valence-electron chi connectivity index (χ3n) is 7.78. The van der Waals surface area contributed by atoms with Gasteiger partial charge in [-0.2, -0.15) is 0 Å². The first-order chi connectivity index (χ1) is 16.9. The molecule has 6 heteroatoms. The molecule has 0 bridgehead atoms. The Labute approximate surface area is 204 Å². The van der Waals surface area contributed by atoms with E-state index in [0.717, 1.165) is 69.1 Å². The number of benzene rings is 2. The van der Waals surface area contributed by atoms with Crippen LogP contribution in [0.4, 0.5) is 22.0 Å². The molecule has 2 aromatic rings. The average molecular weight is 493 g/mol. The second-order valence-electron chi connectivity index (χ2n) is 10.0. The Morgan fingerprint density at radius 1 is 0.800 bits per heavy atom. The van der Waals surface area contributed by atoms with Crippen LogP contribution in [0.3, 0.4) is 0 Å². The van der Waals surface area contributed by atoms with Crippen LogP contribution in [-0.4, -0.2) is 12.7 Å². The summed E-state index contributed by atoms with van der Waals surface area (Å²) in [5, 5.41) is 0. The number of hydrogen-bond acceptors (Lipinski definition) is 1. The molecule has 2 aromatic carbocycles. The lowest BCUT2D eigenvalue weighted by Crippen LogP contribution is -2.25. The zero-order valence-electron chi connectivity index (χ0n) is 20.1. The van der Waals surface area contributed by atoms with E-state index in [9.17, 15) is 22.0 Å². The molecule has 1 heterocycles. The maximum absolute atomic E-state index is 14.0. The van der Waals surface area contributed by atoms with Gasteiger partial charge in [-0.1, -0.05) is 31.2 Å². The molecule has 2 unspecified atom stereocenters. The fraction of sp³-hybridized carbons (Fsp3) is 0.517. The third kappa shape index (κ3) is 6.32. The molecule has 0 N–H and O–H groups in total. The van der Waals surface area contributed by atoms with Crippen molar-refractivity contribution in [3.63, 3.8) is 0 Å². The van der Waals surface area contributed by atoms with Gasteiger partial charge in [-0.15, -0.1) is 0 Å². The Bertz CT molecular complexity index is 993. The molecule has 1 saturated carbocycles. The van der Waals surface area contributed by atoms with Crippen LogP contribution in [0.15, 0.2) is 42.2 Å². The molecule has 1 nitrogen and oxygen atoms in total. The smallest absolute Gasteiger partial charge is 0.194 e. The van der Waals surface area contributed by atoms with E-state index in [1.807, 2.05) is 12.1 Å². The zero-order valence-corrected chi connectivity index (χ0v) is 20.1. The van der Waals surface area contributed by atoms with Crippen molar-refractivity contribution in [1.82, 2.24) is 0 Å². The largest absolute Gasteiger partial charge is 0.378 e. The second kappa shape index (κ2) is 11.7. The number of allylic oxidation sites excluding steroid dienone is 1. The lowest BCUT2D eigenvalue weighted by Gasteiger charge is -2.32. The molecule has 1 aliphatic heterocycles. The minimum Gasteiger partial charge on any atom is -0.378 e. The Morgan fingerprint density at radius 3 is 2.00 bits per heavy atom. The Kier molecular flexibility index (Phi) is 8.64. The van der Waals surface area contributed by atoms with Crippen molar-refractivity contribution in [3.8, 4) is 0 Å². The van der Waals surface area contributed by atoms with E-state index in [2.05, 4.69) is 0 Å². The van der Waals surface area contributed by atoms with E-state index < -0.39 is 29.1 Å². The molecule has 2 aliphatic rings. The SMILES string of the molecule is CC/C(F)=C(\F)c1ccc(C2CCC(CCC3CCC(c4cc(F)c(F)c(F)c4)CC3)OC2)cc1. The van der Waals surface area contributed by atoms with E-state index in [0.29, 0.717) is 18.1 Å². The summed E-state index contributed by atoms with van der Waals surface area (Å²) in [5.41, 5.74) is 1.92. The highest BCUT2D eigenvalue weighted by Crippen LogP contribution is 2.39. The zero-order chi connectivity index (χ0) is 24.9. The van der Waals surface area contributed by atoms with Crippen LogP contribution in [0.5, 0.6) is 0 Å². The van der Waals surface area contributed by atoms with E-state index in [1.54, 1.807) is 19.1 Å². The van der Waals surface area contributed by atoms with Crippen LogP contribution in [0, 0.1) is 23.4 Å². The summed E-state index contributed by atoms with van der Waals surface area (Å²) in [7, 11) is 0. The van der Waals surface area contributed by atoms with Gasteiger partial charge >= 0.3 is 0 Å². The predicted octanol–water partition coefficient (Wildman–Crippen LogP) is 9.14. The highest BCUT2D eigenvalue weighted by atomic mass is 19.2. The molecular formula is C29H33F5O. The molecule has 0 aromatic heterocycles. The fourth-order valence-electron chi connectivity index (χ4n) is 5.53. The summed E-state index contributed by atoms with van der Waals surface area (Å²) in [4.78, 5) is 0. The van der Waals surface area contributed by atoms with Gasteiger partial charge in [0.05, 0.1) is 12.7 Å². The van der Waals surface area contributed by atoms with E-state index >= 15 is 0 Å². The van der Waals surface area contributed by atoms with Gasteiger partial charge in [-0.05, 0) is 92.9 Å². The van der Waals surface area contributed by atoms with Gasteiger partial charge in [0.25, 0.3) is 0 Å². The third-order valence-corrected chi connectivity index (χ3v) is 7.78. The van der Waals surface area contributed by atoms with Crippen molar-refractivity contribution in [2.24, 2.45) is 5.92 Å².